The molecular weight excluding hydrogens is 684 g/mol. The SMILES string of the molecule is CCCCCCCCCCCCCCCCCC(=O)OCC(CNC(=O)C(CCC(=O)O)N=O)OC(O)CCCCCCCCCCCCCCCCC. The van der Waals surface area contributed by atoms with Gasteiger partial charge in [-0.05, 0) is 25.7 Å². The van der Waals surface area contributed by atoms with Crippen LogP contribution < -0.4 is 5.32 Å². The highest BCUT2D eigenvalue weighted by Crippen LogP contribution is 2.16. The Bertz CT molecular complexity index is 874. The molecule has 54 heavy (non-hydrogen) atoms. The lowest BCUT2D eigenvalue weighted by Gasteiger charge is -2.22. The van der Waals surface area contributed by atoms with Gasteiger partial charge >= 0.3 is 11.9 Å². The number of carbonyl (C=O) groups excluding carboxylic acids is 2. The number of esters is 1. The summed E-state index contributed by atoms with van der Waals surface area (Å²) in [5.74, 6) is -2.20. The average molecular weight is 769 g/mol. The number of carboxylic acids is 1. The van der Waals surface area contributed by atoms with Crippen LogP contribution in [0.1, 0.15) is 232 Å². The van der Waals surface area contributed by atoms with E-state index in [-0.39, 0.29) is 32.0 Å². The molecule has 0 aliphatic carbocycles. The molecule has 3 unspecified atom stereocenters. The lowest BCUT2D eigenvalue weighted by molar-refractivity contribution is -0.168. The van der Waals surface area contributed by atoms with Crippen molar-refractivity contribution in [1.82, 2.24) is 5.32 Å². The number of hydrogen-bond acceptors (Lipinski definition) is 8. The van der Waals surface area contributed by atoms with Gasteiger partial charge in [0.05, 0.1) is 0 Å². The molecule has 0 aliphatic heterocycles. The van der Waals surface area contributed by atoms with Gasteiger partial charge in [0, 0.05) is 19.4 Å². The van der Waals surface area contributed by atoms with E-state index in [1.165, 1.54) is 154 Å². The number of amides is 1. The number of aliphatic hydroxyl groups excluding tert-OH is 1. The van der Waals surface area contributed by atoms with Gasteiger partial charge in [-0.2, -0.15) is 0 Å². The Morgan fingerprint density at radius 3 is 1.33 bits per heavy atom. The summed E-state index contributed by atoms with van der Waals surface area (Å²) in [6.45, 7) is 4.25. The van der Waals surface area contributed by atoms with Crippen molar-refractivity contribution in [1.29, 1.82) is 0 Å². The minimum Gasteiger partial charge on any atom is -0.481 e. The van der Waals surface area contributed by atoms with Crippen LogP contribution >= 0.6 is 0 Å². The first kappa shape index (κ1) is 51.9. The van der Waals surface area contributed by atoms with Gasteiger partial charge in [-0.3, -0.25) is 14.4 Å². The van der Waals surface area contributed by atoms with Crippen molar-refractivity contribution in [2.75, 3.05) is 13.2 Å². The Labute approximate surface area is 330 Å². The third-order valence-corrected chi connectivity index (χ3v) is 10.4. The molecule has 0 fully saturated rings. The summed E-state index contributed by atoms with van der Waals surface area (Å²) in [4.78, 5) is 47.0. The third kappa shape index (κ3) is 36.9. The van der Waals surface area contributed by atoms with E-state index < -0.39 is 30.3 Å². The lowest BCUT2D eigenvalue weighted by atomic mass is 10.0. The highest BCUT2D eigenvalue weighted by molar-refractivity contribution is 5.82. The third-order valence-electron chi connectivity index (χ3n) is 10.4. The Morgan fingerprint density at radius 2 is 0.944 bits per heavy atom. The minimum atomic E-state index is -1.35. The van der Waals surface area contributed by atoms with Crippen molar-refractivity contribution in [2.24, 2.45) is 5.18 Å². The zero-order valence-corrected chi connectivity index (χ0v) is 35.0. The second-order valence-electron chi connectivity index (χ2n) is 15.6. The molecule has 0 rings (SSSR count). The van der Waals surface area contributed by atoms with E-state index in [1.807, 2.05) is 0 Å². The van der Waals surface area contributed by atoms with Gasteiger partial charge in [0.2, 0.25) is 5.91 Å². The minimum absolute atomic E-state index is 0.111. The van der Waals surface area contributed by atoms with E-state index in [1.54, 1.807) is 0 Å². The number of nitroso groups, excluding NO2 is 1. The standard InChI is InChI=1S/C44H84N2O8/c1-3-5-7-9-11-13-15-17-19-21-23-25-27-29-31-33-42(49)53-38-39(37-45-44(51)40(46-52)35-36-41(47)48)54-43(50)34-32-30-28-26-24-22-20-18-16-14-12-10-8-6-4-2/h39-40,43,50H,3-38H2,1-2H3,(H,45,51)(H,47,48). The van der Waals surface area contributed by atoms with Gasteiger partial charge < -0.3 is 25.0 Å². The molecule has 318 valence electrons. The molecule has 0 aliphatic rings. The summed E-state index contributed by atoms with van der Waals surface area (Å²) in [5, 5.41) is 24.8. The predicted octanol–water partition coefficient (Wildman–Crippen LogP) is 11.9. The van der Waals surface area contributed by atoms with Crippen molar-refractivity contribution < 1.29 is 34.1 Å². The molecule has 1 amide bonds. The van der Waals surface area contributed by atoms with Crippen LogP contribution in [-0.4, -0.2) is 59.6 Å². The van der Waals surface area contributed by atoms with Crippen molar-refractivity contribution >= 4 is 17.8 Å². The molecule has 0 aromatic carbocycles. The molecule has 10 heteroatoms. The van der Waals surface area contributed by atoms with Crippen LogP contribution in [0.5, 0.6) is 0 Å². The van der Waals surface area contributed by atoms with E-state index >= 15 is 0 Å². The van der Waals surface area contributed by atoms with Gasteiger partial charge in [0.25, 0.3) is 0 Å². The van der Waals surface area contributed by atoms with Gasteiger partial charge in [0.15, 0.2) is 12.3 Å². The molecule has 0 saturated carbocycles. The van der Waals surface area contributed by atoms with Crippen LogP contribution in [0.25, 0.3) is 0 Å². The normalized spacial score (nSPS) is 13.0. The summed E-state index contributed by atoms with van der Waals surface area (Å²) in [6.07, 6.45) is 35.7. The molecule has 0 spiro atoms. The van der Waals surface area contributed by atoms with E-state index in [0.29, 0.717) is 12.8 Å². The predicted molar refractivity (Wildman–Crippen MR) is 220 cm³/mol. The largest absolute Gasteiger partial charge is 0.481 e. The maximum atomic E-state index is 12.5. The molecule has 0 heterocycles. The number of rotatable bonds is 43. The fourth-order valence-electron chi connectivity index (χ4n) is 6.85. The molecule has 0 aromatic rings. The monoisotopic (exact) mass is 769 g/mol. The fourth-order valence-corrected chi connectivity index (χ4v) is 6.85. The molecule has 0 aromatic heterocycles. The highest BCUT2D eigenvalue weighted by atomic mass is 16.6. The number of carbonyl (C=O) groups is 3. The van der Waals surface area contributed by atoms with Crippen molar-refractivity contribution in [3.63, 3.8) is 0 Å². The van der Waals surface area contributed by atoms with Gasteiger partial charge in [-0.25, -0.2) is 0 Å². The van der Waals surface area contributed by atoms with Gasteiger partial charge in [-0.15, -0.1) is 4.91 Å². The number of nitrogens with one attached hydrogen (secondary N) is 1. The summed E-state index contributed by atoms with van der Waals surface area (Å²) in [6, 6.07) is -1.35. The summed E-state index contributed by atoms with van der Waals surface area (Å²) in [7, 11) is 0. The summed E-state index contributed by atoms with van der Waals surface area (Å²) < 4.78 is 11.2. The molecule has 0 bridgehead atoms. The number of nitrogens with zero attached hydrogens (tertiary/aromatic N) is 1. The highest BCUT2D eigenvalue weighted by Gasteiger charge is 2.23. The molecule has 3 N–H and O–H groups in total. The lowest BCUT2D eigenvalue weighted by Crippen LogP contribution is -2.42. The van der Waals surface area contributed by atoms with Crippen LogP contribution in [-0.2, 0) is 23.9 Å². The first-order valence-electron chi connectivity index (χ1n) is 22.6. The van der Waals surface area contributed by atoms with E-state index in [9.17, 15) is 24.4 Å². The molecule has 10 nitrogen and oxygen atoms in total. The van der Waals surface area contributed by atoms with Crippen LogP contribution in [0.15, 0.2) is 5.18 Å². The van der Waals surface area contributed by atoms with E-state index in [0.717, 1.165) is 38.5 Å². The molecule has 0 saturated heterocycles. The van der Waals surface area contributed by atoms with E-state index in [2.05, 4.69) is 24.3 Å². The van der Waals surface area contributed by atoms with Crippen molar-refractivity contribution in [3.8, 4) is 0 Å². The van der Waals surface area contributed by atoms with Gasteiger partial charge in [-0.1, -0.05) is 199 Å². The second-order valence-corrected chi connectivity index (χ2v) is 15.6. The Hall–Kier alpha value is -2.07. The number of hydrogen-bond donors (Lipinski definition) is 3. The first-order valence-corrected chi connectivity index (χ1v) is 22.6. The smallest absolute Gasteiger partial charge is 0.305 e. The maximum Gasteiger partial charge on any atom is 0.305 e. The van der Waals surface area contributed by atoms with Crippen LogP contribution in [0.4, 0.5) is 0 Å². The van der Waals surface area contributed by atoms with Crippen molar-refractivity contribution in [2.45, 2.75) is 251 Å². The topological polar surface area (TPSA) is 152 Å². The fraction of sp³-hybridized carbons (Fsp3) is 0.932. The molecular formula is C44H84N2O8. The number of aliphatic carboxylic acids is 1. The van der Waals surface area contributed by atoms with Crippen LogP contribution in [0, 0.1) is 4.91 Å². The van der Waals surface area contributed by atoms with Crippen molar-refractivity contribution in [3.05, 3.63) is 4.91 Å². The number of unbranched alkanes of at least 4 members (excludes halogenated alkanes) is 28. The second kappa shape index (κ2) is 40.6. The Kier molecular flexibility index (Phi) is 39.0. The Balaban J connectivity index is 4.31. The zero-order chi connectivity index (χ0) is 39.7. The molecule has 3 atom stereocenters. The van der Waals surface area contributed by atoms with Crippen LogP contribution in [0.3, 0.4) is 0 Å². The summed E-state index contributed by atoms with van der Waals surface area (Å²) in [5.41, 5.74) is 0. The van der Waals surface area contributed by atoms with E-state index in [4.69, 9.17) is 14.6 Å². The quantitative estimate of drug-likeness (QED) is 0.0240. The number of carboxylic acid groups (broad SMARTS) is 1. The molecule has 0 radical (unpaired) electrons. The summed E-state index contributed by atoms with van der Waals surface area (Å²) >= 11 is 0. The van der Waals surface area contributed by atoms with Crippen LogP contribution in [0.2, 0.25) is 0 Å². The zero-order valence-electron chi connectivity index (χ0n) is 35.0. The average Bonchev–Trinajstić information content (AvgIpc) is 3.15. The Morgan fingerprint density at radius 1 is 0.556 bits per heavy atom. The number of aliphatic hydroxyl groups is 1. The number of ether oxygens (including phenoxy) is 2. The first-order chi connectivity index (χ1) is 26.3. The maximum absolute atomic E-state index is 12.5. The van der Waals surface area contributed by atoms with Gasteiger partial charge in [0.1, 0.15) is 12.7 Å².